The van der Waals surface area contributed by atoms with E-state index in [1.807, 2.05) is 0 Å². The zero-order chi connectivity index (χ0) is 14.6. The Morgan fingerprint density at radius 1 is 0.417 bits per heavy atom. The minimum Gasteiger partial charge on any atom is -0.872 e. The van der Waals surface area contributed by atoms with Gasteiger partial charge in [0, 0.05) is 0 Å². The Bertz CT molecular complexity index is 754. The summed E-state index contributed by atoms with van der Waals surface area (Å²) in [6.07, 6.45) is 0. The van der Waals surface area contributed by atoms with Crippen molar-refractivity contribution in [2.75, 3.05) is 0 Å². The van der Waals surface area contributed by atoms with Crippen molar-refractivity contribution in [3.05, 3.63) is 24.3 Å². The number of fused-ring (bicyclic) bond motifs is 2. The molecule has 0 amide bonds. The first-order chi connectivity index (χ1) is 9.43. The van der Waals surface area contributed by atoms with Crippen molar-refractivity contribution in [1.82, 2.24) is 0 Å². The Hall–Kier alpha value is 0.980. The normalized spacial score (nSPS) is 9.33. The van der Waals surface area contributed by atoms with Gasteiger partial charge < -0.3 is 30.6 Å². The fourth-order valence-corrected chi connectivity index (χ4v) is 2.28. The fourth-order valence-electron chi connectivity index (χ4n) is 2.28. The van der Waals surface area contributed by atoms with Crippen molar-refractivity contribution < 1.29 is 152 Å². The van der Waals surface area contributed by atoms with Gasteiger partial charge in [-0.3, -0.25) is 0 Å². The van der Waals surface area contributed by atoms with E-state index < -0.39 is 56.0 Å². The Kier molecular flexibility index (Phi) is 11.7. The first kappa shape index (κ1) is 27.2. The molecule has 0 aliphatic heterocycles. The summed E-state index contributed by atoms with van der Waals surface area (Å²) in [7, 11) is 0. The molecular weight excluding hydrogens is 356 g/mol. The summed E-state index contributed by atoms with van der Waals surface area (Å²) in [5.41, 5.74) is 0. The van der Waals surface area contributed by atoms with Gasteiger partial charge in [-0.1, -0.05) is 35.8 Å². The summed E-state index contributed by atoms with van der Waals surface area (Å²) in [6.45, 7) is 0. The standard InChI is InChI=1S/C14H10O6.4Na/c15-5-1-2-6(16)10-9(5)13(19)11-7(17)3-4-8(18)12(11)14(10)20;;;;/h1-4,15-20H;;;;/q;4*+1/p-4. The fraction of sp³-hybridized carbons (Fsp3) is 0. The van der Waals surface area contributed by atoms with E-state index in [4.69, 9.17) is 0 Å². The van der Waals surface area contributed by atoms with Crippen LogP contribution in [0.4, 0.5) is 0 Å². The van der Waals surface area contributed by atoms with Crippen molar-refractivity contribution in [2.45, 2.75) is 0 Å². The van der Waals surface area contributed by atoms with Gasteiger partial charge >= 0.3 is 121 Å². The number of hydrogen-bond acceptors (Lipinski definition) is 6. The Morgan fingerprint density at radius 3 is 0.750 bits per heavy atom. The van der Waals surface area contributed by atoms with Crippen LogP contribution in [0.5, 0.6) is 34.5 Å². The van der Waals surface area contributed by atoms with E-state index in [9.17, 15) is 30.6 Å². The molecular formula is C14H6Na4O6. The maximum absolute atomic E-state index is 12.2. The smallest absolute Gasteiger partial charge is 0.872 e. The molecule has 0 bridgehead atoms. The summed E-state index contributed by atoms with van der Waals surface area (Å²) >= 11 is 0. The molecule has 0 aromatic heterocycles. The van der Waals surface area contributed by atoms with Crippen LogP contribution < -0.4 is 149 Å². The van der Waals surface area contributed by atoms with Crippen LogP contribution in [-0.2, 0) is 0 Å². The molecule has 102 valence electrons. The molecule has 0 radical (unpaired) electrons. The second kappa shape index (κ2) is 10.3. The molecule has 0 spiro atoms. The SMILES string of the molecule is [H+].[H+].[Na+].[Na+].[Na+].[Na+].[O-]c1ccc([O-])c2c([O-])c3c([O-])ccc([O-])c3c([O-])c12. The Balaban J connectivity index is -0.000000403. The van der Waals surface area contributed by atoms with Crippen LogP contribution in [0.25, 0.3) is 21.5 Å². The van der Waals surface area contributed by atoms with Crippen molar-refractivity contribution in [3.8, 4) is 34.5 Å². The topological polar surface area (TPSA) is 138 Å². The third-order valence-corrected chi connectivity index (χ3v) is 3.17. The molecule has 0 N–H and O–H groups in total. The van der Waals surface area contributed by atoms with E-state index in [-0.39, 0.29) is 121 Å². The summed E-state index contributed by atoms with van der Waals surface area (Å²) in [5.74, 6) is -5.36. The maximum atomic E-state index is 12.2. The van der Waals surface area contributed by atoms with E-state index in [1.54, 1.807) is 0 Å². The molecule has 3 rings (SSSR count). The largest absolute Gasteiger partial charge is 1.00 e. The molecule has 0 heterocycles. The van der Waals surface area contributed by atoms with Crippen molar-refractivity contribution in [3.63, 3.8) is 0 Å². The van der Waals surface area contributed by atoms with E-state index >= 15 is 0 Å². The van der Waals surface area contributed by atoms with Crippen LogP contribution in [0, 0.1) is 0 Å². The molecule has 0 fully saturated rings. The van der Waals surface area contributed by atoms with Crippen LogP contribution >= 0.6 is 0 Å². The van der Waals surface area contributed by atoms with Gasteiger partial charge in [-0.25, -0.2) is 0 Å². The molecule has 0 saturated heterocycles. The molecule has 24 heavy (non-hydrogen) atoms. The van der Waals surface area contributed by atoms with E-state index in [0.717, 1.165) is 24.3 Å². The van der Waals surface area contributed by atoms with Crippen molar-refractivity contribution in [2.24, 2.45) is 0 Å². The predicted molar refractivity (Wildman–Crippen MR) is 60.4 cm³/mol. The summed E-state index contributed by atoms with van der Waals surface area (Å²) < 4.78 is 0. The molecule has 0 saturated carbocycles. The second-order valence-electron chi connectivity index (χ2n) is 4.28. The summed E-state index contributed by atoms with van der Waals surface area (Å²) in [6, 6.07) is 3.46. The molecule has 10 heteroatoms. The molecule has 0 atom stereocenters. The van der Waals surface area contributed by atoms with Crippen LogP contribution in [0.15, 0.2) is 24.3 Å². The quantitative estimate of drug-likeness (QED) is 0.288. The maximum Gasteiger partial charge on any atom is 1.00 e. The van der Waals surface area contributed by atoms with Gasteiger partial charge in [-0.15, -0.1) is 23.0 Å². The minimum absolute atomic E-state index is 0. The van der Waals surface area contributed by atoms with Gasteiger partial charge in [-0.05, 0) is 21.5 Å². The van der Waals surface area contributed by atoms with E-state index in [0.29, 0.717) is 0 Å². The molecule has 3 aromatic carbocycles. The molecule has 0 aliphatic rings. The van der Waals surface area contributed by atoms with Gasteiger partial charge in [0.2, 0.25) is 0 Å². The third-order valence-electron chi connectivity index (χ3n) is 3.17. The molecule has 6 nitrogen and oxygen atoms in total. The first-order valence-electron chi connectivity index (χ1n) is 5.55. The average molecular weight is 362 g/mol. The van der Waals surface area contributed by atoms with Crippen LogP contribution in [-0.4, -0.2) is 0 Å². The Morgan fingerprint density at radius 2 is 0.583 bits per heavy atom. The molecule has 3 aromatic rings. The zero-order valence-electron chi connectivity index (χ0n) is 15.8. The number of rotatable bonds is 0. The Labute approximate surface area is 228 Å². The number of hydrogen-bond donors (Lipinski definition) is 0. The van der Waals surface area contributed by atoms with Gasteiger partial charge in [-0.2, -0.15) is 0 Å². The van der Waals surface area contributed by atoms with Gasteiger partial charge in [0.25, 0.3) is 0 Å². The van der Waals surface area contributed by atoms with E-state index in [1.165, 1.54) is 0 Å². The summed E-state index contributed by atoms with van der Waals surface area (Å²) in [4.78, 5) is 0. The zero-order valence-corrected chi connectivity index (χ0v) is 21.8. The monoisotopic (exact) mass is 362 g/mol. The van der Waals surface area contributed by atoms with Crippen molar-refractivity contribution >= 4 is 21.5 Å². The van der Waals surface area contributed by atoms with Crippen LogP contribution in [0.2, 0.25) is 0 Å². The van der Waals surface area contributed by atoms with Crippen molar-refractivity contribution in [1.29, 1.82) is 0 Å². The van der Waals surface area contributed by atoms with Gasteiger partial charge in [0.1, 0.15) is 0 Å². The average Bonchev–Trinajstić information content (AvgIpc) is 2.41. The molecule has 0 aliphatic carbocycles. The molecule has 0 unspecified atom stereocenters. The van der Waals surface area contributed by atoms with Gasteiger partial charge in [0.15, 0.2) is 0 Å². The van der Waals surface area contributed by atoms with Crippen LogP contribution in [0.1, 0.15) is 2.85 Å². The second-order valence-corrected chi connectivity index (χ2v) is 4.28. The van der Waals surface area contributed by atoms with E-state index in [2.05, 4.69) is 0 Å². The summed E-state index contributed by atoms with van der Waals surface area (Å²) in [5, 5.41) is 68.6. The third kappa shape index (κ3) is 4.27. The van der Waals surface area contributed by atoms with Gasteiger partial charge in [0.05, 0.1) is 0 Å². The number of benzene rings is 3. The van der Waals surface area contributed by atoms with Crippen LogP contribution in [0.3, 0.4) is 0 Å². The first-order valence-corrected chi connectivity index (χ1v) is 5.55. The predicted octanol–water partition coefficient (Wildman–Crippen LogP) is -13.3. The minimum atomic E-state index is -1.04.